The number of thiazole rings is 1. The Kier molecular flexibility index (Phi) is 4.38. The Morgan fingerprint density at radius 3 is 2.62 bits per heavy atom. The number of hydrogen-bond acceptors (Lipinski definition) is 3. The Hall–Kier alpha value is -1.89. The minimum absolute atomic E-state index is 0.164. The summed E-state index contributed by atoms with van der Waals surface area (Å²) in [5.74, 6) is -0.0266. The number of alkyl halides is 3. The van der Waals surface area contributed by atoms with E-state index in [1.54, 1.807) is 18.4 Å². The highest BCUT2D eigenvalue weighted by Crippen LogP contribution is 2.39. The van der Waals surface area contributed by atoms with Crippen molar-refractivity contribution in [3.8, 4) is 0 Å². The first-order chi connectivity index (χ1) is 11.3. The third-order valence-electron chi connectivity index (χ3n) is 4.22. The van der Waals surface area contributed by atoms with Gasteiger partial charge in [0.15, 0.2) is 0 Å². The molecule has 1 fully saturated rings. The first kappa shape index (κ1) is 17.0. The Labute approximate surface area is 142 Å². The third kappa shape index (κ3) is 3.45. The summed E-state index contributed by atoms with van der Waals surface area (Å²) in [7, 11) is 0. The number of aryl methyl sites for hydroxylation is 1. The number of nitrogens with zero attached hydrogens (tertiary/aromatic N) is 2. The van der Waals surface area contributed by atoms with Crippen molar-refractivity contribution in [1.82, 2.24) is 4.98 Å². The van der Waals surface area contributed by atoms with Crippen molar-refractivity contribution in [3.63, 3.8) is 0 Å². The van der Waals surface area contributed by atoms with Gasteiger partial charge in [0.05, 0.1) is 10.6 Å². The summed E-state index contributed by atoms with van der Waals surface area (Å²) in [6.45, 7) is 3.68. The van der Waals surface area contributed by atoms with Gasteiger partial charge in [0, 0.05) is 17.1 Å². The summed E-state index contributed by atoms with van der Waals surface area (Å²) < 4.78 is 39.0. The van der Waals surface area contributed by atoms with Crippen molar-refractivity contribution in [2.45, 2.75) is 38.9 Å². The van der Waals surface area contributed by atoms with Gasteiger partial charge in [0.25, 0.3) is 5.91 Å². The maximum Gasteiger partial charge on any atom is 0.416 e. The molecule has 1 aliphatic rings. The molecular weight excluding hydrogens is 337 g/mol. The summed E-state index contributed by atoms with van der Waals surface area (Å²) in [4.78, 5) is 18.5. The fourth-order valence-corrected chi connectivity index (χ4v) is 3.33. The highest BCUT2D eigenvalue weighted by Gasteiger charge is 2.37. The Bertz CT molecular complexity index is 752. The van der Waals surface area contributed by atoms with Gasteiger partial charge in [-0.15, -0.1) is 11.3 Å². The third-order valence-corrected chi connectivity index (χ3v) is 4.99. The van der Waals surface area contributed by atoms with E-state index in [1.165, 1.54) is 22.3 Å². The zero-order chi connectivity index (χ0) is 17.5. The maximum absolute atomic E-state index is 13.0. The second-order valence-electron chi connectivity index (χ2n) is 6.05. The molecule has 1 aliphatic carbocycles. The number of benzene rings is 1. The van der Waals surface area contributed by atoms with E-state index in [-0.39, 0.29) is 23.3 Å². The van der Waals surface area contributed by atoms with Gasteiger partial charge in [-0.25, -0.2) is 4.98 Å². The molecule has 1 atom stereocenters. The van der Waals surface area contributed by atoms with Crippen LogP contribution >= 0.6 is 11.3 Å². The zero-order valence-electron chi connectivity index (χ0n) is 13.3. The van der Waals surface area contributed by atoms with Gasteiger partial charge in [-0.05, 0) is 50.8 Å². The van der Waals surface area contributed by atoms with E-state index in [0.717, 1.165) is 30.0 Å². The standard InChI is InChI=1S/C17H17F3N2OS/c1-10(12-6-7-12)22(16(23)15-9-24-11(2)21-15)14-5-3-4-13(8-14)17(18,19)20/h3-5,8-10,12H,6-7H2,1-2H3. The Morgan fingerprint density at radius 2 is 2.08 bits per heavy atom. The van der Waals surface area contributed by atoms with Crippen LogP contribution in [0.1, 0.15) is 40.8 Å². The minimum Gasteiger partial charge on any atom is -0.304 e. The highest BCUT2D eigenvalue weighted by atomic mass is 32.1. The van der Waals surface area contributed by atoms with Crippen LogP contribution in [0.3, 0.4) is 0 Å². The van der Waals surface area contributed by atoms with Crippen molar-refractivity contribution in [2.24, 2.45) is 5.92 Å². The van der Waals surface area contributed by atoms with E-state index in [9.17, 15) is 18.0 Å². The van der Waals surface area contributed by atoms with E-state index in [0.29, 0.717) is 5.92 Å². The Morgan fingerprint density at radius 1 is 1.38 bits per heavy atom. The molecule has 3 rings (SSSR count). The lowest BCUT2D eigenvalue weighted by molar-refractivity contribution is -0.137. The van der Waals surface area contributed by atoms with Gasteiger partial charge < -0.3 is 4.90 Å². The van der Waals surface area contributed by atoms with Gasteiger partial charge in [0.2, 0.25) is 0 Å². The van der Waals surface area contributed by atoms with Crippen LogP contribution in [-0.2, 0) is 6.18 Å². The number of hydrogen-bond donors (Lipinski definition) is 0. The van der Waals surface area contributed by atoms with Crippen LogP contribution in [-0.4, -0.2) is 16.9 Å². The van der Waals surface area contributed by atoms with Crippen LogP contribution in [0.2, 0.25) is 0 Å². The van der Waals surface area contributed by atoms with Gasteiger partial charge >= 0.3 is 6.18 Å². The highest BCUT2D eigenvalue weighted by molar-refractivity contribution is 7.09. The van der Waals surface area contributed by atoms with Gasteiger partial charge in [0.1, 0.15) is 5.69 Å². The van der Waals surface area contributed by atoms with Crippen LogP contribution in [0.5, 0.6) is 0 Å². The SMILES string of the molecule is Cc1nc(C(=O)N(c2cccc(C(F)(F)F)c2)C(C)C2CC2)cs1. The molecule has 0 N–H and O–H groups in total. The number of amides is 1. The van der Waals surface area contributed by atoms with Crippen LogP contribution in [0.15, 0.2) is 29.6 Å². The van der Waals surface area contributed by atoms with Crippen molar-refractivity contribution in [3.05, 3.63) is 45.9 Å². The molecule has 1 heterocycles. The van der Waals surface area contributed by atoms with Crippen LogP contribution < -0.4 is 4.90 Å². The molecule has 3 nitrogen and oxygen atoms in total. The van der Waals surface area contributed by atoms with Gasteiger partial charge in [-0.3, -0.25) is 4.79 Å². The second-order valence-corrected chi connectivity index (χ2v) is 7.12. The second kappa shape index (κ2) is 6.20. The van der Waals surface area contributed by atoms with Gasteiger partial charge in [-0.1, -0.05) is 6.07 Å². The molecule has 0 bridgehead atoms. The molecule has 128 valence electrons. The molecule has 0 spiro atoms. The average molecular weight is 354 g/mol. The first-order valence-corrected chi connectivity index (χ1v) is 8.58. The van der Waals surface area contributed by atoms with Crippen LogP contribution in [0.4, 0.5) is 18.9 Å². The van der Waals surface area contributed by atoms with E-state index in [1.807, 2.05) is 6.92 Å². The molecule has 1 aromatic carbocycles. The number of anilines is 1. The average Bonchev–Trinajstić information content (AvgIpc) is 3.28. The molecule has 0 radical (unpaired) electrons. The largest absolute Gasteiger partial charge is 0.416 e. The number of carbonyl (C=O) groups is 1. The summed E-state index contributed by atoms with van der Waals surface area (Å²) in [5.41, 5.74) is -0.211. The Balaban J connectivity index is 2.00. The van der Waals surface area contributed by atoms with E-state index in [2.05, 4.69) is 4.98 Å². The number of aromatic nitrogens is 1. The summed E-state index contributed by atoms with van der Waals surface area (Å²) >= 11 is 1.35. The zero-order valence-corrected chi connectivity index (χ0v) is 14.1. The first-order valence-electron chi connectivity index (χ1n) is 7.70. The predicted octanol–water partition coefficient (Wildman–Crippen LogP) is 4.92. The number of rotatable bonds is 4. The lowest BCUT2D eigenvalue weighted by Crippen LogP contribution is -2.40. The van der Waals surface area contributed by atoms with Crippen LogP contribution in [0.25, 0.3) is 0 Å². The molecule has 0 aliphatic heterocycles. The molecule has 1 aromatic heterocycles. The summed E-state index contributed by atoms with van der Waals surface area (Å²) in [6.07, 6.45) is -2.47. The lowest BCUT2D eigenvalue weighted by Gasteiger charge is -2.29. The number of carbonyl (C=O) groups excluding carboxylic acids is 1. The van der Waals surface area contributed by atoms with E-state index in [4.69, 9.17) is 0 Å². The smallest absolute Gasteiger partial charge is 0.304 e. The molecular formula is C17H17F3N2OS. The van der Waals surface area contributed by atoms with Crippen molar-refractivity contribution < 1.29 is 18.0 Å². The fraction of sp³-hybridized carbons (Fsp3) is 0.412. The molecule has 24 heavy (non-hydrogen) atoms. The molecule has 2 aromatic rings. The maximum atomic E-state index is 13.0. The minimum atomic E-state index is -4.44. The van der Waals surface area contributed by atoms with Crippen molar-refractivity contribution in [2.75, 3.05) is 4.90 Å². The topological polar surface area (TPSA) is 33.2 Å². The number of halogens is 3. The lowest BCUT2D eigenvalue weighted by atomic mass is 10.1. The molecule has 0 saturated heterocycles. The molecule has 7 heteroatoms. The summed E-state index contributed by atoms with van der Waals surface area (Å²) in [6, 6.07) is 4.77. The molecule has 1 amide bonds. The van der Waals surface area contributed by atoms with E-state index < -0.39 is 11.7 Å². The fourth-order valence-electron chi connectivity index (χ4n) is 2.74. The van der Waals surface area contributed by atoms with Crippen LogP contribution in [0, 0.1) is 12.8 Å². The van der Waals surface area contributed by atoms with Gasteiger partial charge in [-0.2, -0.15) is 13.2 Å². The van der Waals surface area contributed by atoms with Crippen molar-refractivity contribution >= 4 is 22.9 Å². The van der Waals surface area contributed by atoms with Crippen molar-refractivity contribution in [1.29, 1.82) is 0 Å². The predicted molar refractivity (Wildman–Crippen MR) is 87.3 cm³/mol. The monoisotopic (exact) mass is 354 g/mol. The molecule has 1 unspecified atom stereocenters. The quantitative estimate of drug-likeness (QED) is 0.781. The molecule has 1 saturated carbocycles. The summed E-state index contributed by atoms with van der Waals surface area (Å²) in [5, 5.41) is 2.40. The van der Waals surface area contributed by atoms with E-state index >= 15 is 0 Å². The normalized spacial score (nSPS) is 16.0.